The van der Waals surface area contributed by atoms with E-state index in [4.69, 9.17) is 30.2 Å². The first-order valence-electron chi connectivity index (χ1n) is 9.00. The summed E-state index contributed by atoms with van der Waals surface area (Å²) in [4.78, 5) is 9.61. The van der Waals surface area contributed by atoms with Crippen molar-refractivity contribution in [2.75, 3.05) is 0 Å². The van der Waals surface area contributed by atoms with E-state index in [0.29, 0.717) is 0 Å². The molecule has 0 fully saturated rings. The van der Waals surface area contributed by atoms with Crippen LogP contribution in [0.5, 0.6) is 0 Å². The van der Waals surface area contributed by atoms with Gasteiger partial charge < -0.3 is 0 Å². The van der Waals surface area contributed by atoms with Crippen molar-refractivity contribution in [3.63, 3.8) is 0 Å². The van der Waals surface area contributed by atoms with E-state index in [1.807, 2.05) is 56.6 Å². The van der Waals surface area contributed by atoms with E-state index in [9.17, 15) is 0 Å². The molecule has 0 aliphatic heterocycles. The molecule has 3 aromatic rings. The van der Waals surface area contributed by atoms with Crippen LogP contribution in [-0.2, 0) is 13.1 Å². The Hall–Kier alpha value is -1.91. The Balaban J connectivity index is 0.000000941. The number of pyridine rings is 1. The van der Waals surface area contributed by atoms with Gasteiger partial charge in [-0.1, -0.05) is 23.8 Å². The molecule has 0 spiro atoms. The molecule has 154 valence electrons. The molecule has 0 amide bonds. The first-order valence-corrected chi connectivity index (χ1v) is 12.0. The van der Waals surface area contributed by atoms with Gasteiger partial charge in [0.25, 0.3) is 0 Å². The average Bonchev–Trinajstić information content (AvgIpc) is 3.18. The zero-order valence-electron chi connectivity index (χ0n) is 17.1. The minimum absolute atomic E-state index is 0.194. The number of hydrogen-bond donors (Lipinski definition) is 0. The van der Waals surface area contributed by atoms with Crippen LogP contribution in [0.25, 0.3) is 0 Å². The summed E-state index contributed by atoms with van der Waals surface area (Å²) < 4.78 is 1.78. The third kappa shape index (κ3) is 6.83. The molecule has 0 bridgehead atoms. The summed E-state index contributed by atoms with van der Waals surface area (Å²) in [6.45, 7) is 10.3. The molecule has 0 aliphatic rings. The summed E-state index contributed by atoms with van der Waals surface area (Å²) in [5.74, 6) is 0. The zero-order chi connectivity index (χ0) is 21.4. The minimum atomic E-state index is 0.194. The number of aryl methyl sites for hydroxylation is 3. The van der Waals surface area contributed by atoms with Crippen molar-refractivity contribution in [2.45, 2.75) is 34.6 Å². The van der Waals surface area contributed by atoms with Crippen LogP contribution in [0, 0.1) is 20.8 Å². The molecule has 2 heterocycles. The fourth-order valence-electron chi connectivity index (χ4n) is 3.03. The van der Waals surface area contributed by atoms with Gasteiger partial charge in [-0.25, -0.2) is 9.66 Å². The Kier molecular flexibility index (Phi) is 9.12. The van der Waals surface area contributed by atoms with Crippen molar-refractivity contribution < 1.29 is 13.1 Å². The van der Waals surface area contributed by atoms with Gasteiger partial charge >= 0.3 is 33.3 Å². The third-order valence-electron chi connectivity index (χ3n) is 4.26. The number of benzene rings is 1. The van der Waals surface area contributed by atoms with Crippen molar-refractivity contribution in [3.05, 3.63) is 82.9 Å². The summed E-state index contributed by atoms with van der Waals surface area (Å²) in [6.07, 6.45) is 3.81. The van der Waals surface area contributed by atoms with E-state index in [1.54, 1.807) is 4.68 Å². The van der Waals surface area contributed by atoms with E-state index >= 15 is 0 Å². The number of hydrogen-bond acceptors (Lipinski definition) is 3. The molecule has 0 saturated carbocycles. The van der Waals surface area contributed by atoms with Gasteiger partial charge in [0.05, 0.1) is 28.5 Å². The monoisotopic (exact) mass is 470 g/mol. The number of halogens is 2. The van der Waals surface area contributed by atoms with E-state index < -0.39 is 0 Å². The number of aromatic nitrogens is 2. The maximum absolute atomic E-state index is 4.85. The Morgan fingerprint density at radius 3 is 1.97 bits per heavy atom. The molecule has 29 heavy (non-hydrogen) atoms. The summed E-state index contributed by atoms with van der Waals surface area (Å²) in [5, 5.41) is 4.54. The molecular weight excluding hydrogens is 447 g/mol. The molecular formula is C22H24Cl2FeN4. The van der Waals surface area contributed by atoms with Crippen molar-refractivity contribution in [1.29, 1.82) is 0 Å². The summed E-state index contributed by atoms with van der Waals surface area (Å²) in [5.41, 5.74) is 8.12. The van der Waals surface area contributed by atoms with Crippen LogP contribution in [0.1, 0.15) is 41.9 Å². The van der Waals surface area contributed by atoms with E-state index in [1.165, 1.54) is 16.7 Å². The molecule has 0 atom stereocenters. The summed E-state index contributed by atoms with van der Waals surface area (Å²) in [6, 6.07) is 14.2. The fraction of sp³-hybridized carbons (Fsp3) is 0.227. The van der Waals surface area contributed by atoms with Gasteiger partial charge in [0.1, 0.15) is 0 Å². The van der Waals surface area contributed by atoms with Gasteiger partial charge in [0, 0.05) is 12.4 Å². The van der Waals surface area contributed by atoms with Crippen molar-refractivity contribution >= 4 is 37.3 Å². The molecule has 3 rings (SSSR count). The van der Waals surface area contributed by atoms with Crippen LogP contribution in [0.3, 0.4) is 0 Å². The second kappa shape index (κ2) is 11.3. The van der Waals surface area contributed by atoms with Gasteiger partial charge in [-0.3, -0.25) is 4.99 Å². The van der Waals surface area contributed by atoms with Gasteiger partial charge in [-0.05, 0) is 70.0 Å². The van der Waals surface area contributed by atoms with Crippen molar-refractivity contribution in [3.8, 4) is 0 Å². The normalized spacial score (nSPS) is 12.0. The van der Waals surface area contributed by atoms with Crippen LogP contribution in [0.4, 0.5) is 5.69 Å². The predicted molar refractivity (Wildman–Crippen MR) is 121 cm³/mol. The Labute approximate surface area is 187 Å². The van der Waals surface area contributed by atoms with Crippen LogP contribution in [0.15, 0.2) is 65.0 Å². The first-order chi connectivity index (χ1) is 13.8. The molecule has 0 radical (unpaired) electrons. The van der Waals surface area contributed by atoms with E-state index in [-0.39, 0.29) is 13.1 Å². The standard InChI is InChI=1S/C22H24N4.2ClH.Fe/c1-15-13-16(2)22(17(3)14-15)23-18(4)20-9-8-10-21(24-20)19(5)25-26-11-6-7-12-26;;;/h6-14H,1-5H3;2*1H;/q;;;+2/p-2/b23-18?,25-19+;;;. The molecule has 1 aromatic carbocycles. The first kappa shape index (κ1) is 23.4. The molecule has 2 aromatic heterocycles. The van der Waals surface area contributed by atoms with Crippen LogP contribution in [-0.4, -0.2) is 21.1 Å². The molecule has 0 aliphatic carbocycles. The van der Waals surface area contributed by atoms with Crippen molar-refractivity contribution in [1.82, 2.24) is 9.66 Å². The third-order valence-corrected chi connectivity index (χ3v) is 4.26. The van der Waals surface area contributed by atoms with Gasteiger partial charge in [0.15, 0.2) is 0 Å². The SMILES string of the molecule is CC(=Nc1c(C)cc(C)cc1C)c1cccc(/C(C)=N/n2cccc2)n1.[Cl][Fe][Cl]. The second-order valence-corrected chi connectivity index (χ2v) is 8.48. The van der Waals surface area contributed by atoms with Crippen LogP contribution < -0.4 is 0 Å². The number of nitrogens with zero attached hydrogens (tertiary/aromatic N) is 4. The van der Waals surface area contributed by atoms with Gasteiger partial charge in [-0.15, -0.1) is 0 Å². The Bertz CT molecular complexity index is 988. The predicted octanol–water partition coefficient (Wildman–Crippen LogP) is 6.60. The fourth-order valence-corrected chi connectivity index (χ4v) is 3.03. The van der Waals surface area contributed by atoms with Crippen LogP contribution in [0.2, 0.25) is 0 Å². The summed E-state index contributed by atoms with van der Waals surface area (Å²) >= 11 is 0.194. The molecule has 7 heteroatoms. The number of aliphatic imine (C=N–C) groups is 1. The maximum atomic E-state index is 4.85. The van der Waals surface area contributed by atoms with Gasteiger partial charge in [-0.2, -0.15) is 5.10 Å². The zero-order valence-corrected chi connectivity index (χ0v) is 19.7. The Morgan fingerprint density at radius 2 is 1.41 bits per heavy atom. The van der Waals surface area contributed by atoms with Gasteiger partial charge in [0.2, 0.25) is 0 Å². The van der Waals surface area contributed by atoms with E-state index in [0.717, 1.165) is 28.5 Å². The average molecular weight is 471 g/mol. The molecule has 0 unspecified atom stereocenters. The number of rotatable bonds is 4. The van der Waals surface area contributed by atoms with Crippen LogP contribution >= 0.6 is 20.2 Å². The summed E-state index contributed by atoms with van der Waals surface area (Å²) in [7, 11) is 9.53. The van der Waals surface area contributed by atoms with Crippen molar-refractivity contribution in [2.24, 2.45) is 10.1 Å². The Morgan fingerprint density at radius 1 is 0.897 bits per heavy atom. The molecule has 4 nitrogen and oxygen atoms in total. The second-order valence-electron chi connectivity index (χ2n) is 6.65. The molecule has 0 saturated heterocycles. The van der Waals surface area contributed by atoms with E-state index in [2.05, 4.69) is 38.0 Å². The quantitative estimate of drug-likeness (QED) is 0.313. The molecule has 0 N–H and O–H groups in total. The topological polar surface area (TPSA) is 42.5 Å².